The molecule has 3 heterocycles. The van der Waals surface area contributed by atoms with Crippen molar-refractivity contribution in [2.75, 3.05) is 18.5 Å². The van der Waals surface area contributed by atoms with Gasteiger partial charge in [0.2, 0.25) is 0 Å². The standard InChI is InChI=1S/C17H19ClN4O2/c1-21-10-12(9-19-21)15-3-2-5-22(15)17(23)20-14-8-13(18)7-11-4-6-24-16(11)14/h7-10,15H,2-6H2,1H3,(H,20,23). The Hall–Kier alpha value is -2.21. The van der Waals surface area contributed by atoms with E-state index in [0.29, 0.717) is 17.3 Å². The predicted molar refractivity (Wildman–Crippen MR) is 91.6 cm³/mol. The average Bonchev–Trinajstić information content (AvgIpc) is 3.25. The number of rotatable bonds is 2. The number of aryl methyl sites for hydroxylation is 1. The van der Waals surface area contributed by atoms with E-state index in [1.165, 1.54) is 0 Å². The van der Waals surface area contributed by atoms with Gasteiger partial charge in [-0.05, 0) is 25.0 Å². The summed E-state index contributed by atoms with van der Waals surface area (Å²) in [6.45, 7) is 1.36. The Morgan fingerprint density at radius 3 is 3.12 bits per heavy atom. The minimum absolute atomic E-state index is 0.0619. The van der Waals surface area contributed by atoms with Crippen molar-refractivity contribution in [2.24, 2.45) is 7.05 Å². The van der Waals surface area contributed by atoms with Crippen LogP contribution in [-0.4, -0.2) is 33.9 Å². The molecule has 2 aliphatic rings. The molecule has 1 fully saturated rings. The van der Waals surface area contributed by atoms with E-state index in [0.717, 1.165) is 42.7 Å². The van der Waals surface area contributed by atoms with Gasteiger partial charge in [-0.15, -0.1) is 0 Å². The molecule has 2 amide bonds. The molecule has 2 aromatic rings. The lowest BCUT2D eigenvalue weighted by Gasteiger charge is -2.24. The monoisotopic (exact) mass is 346 g/mol. The summed E-state index contributed by atoms with van der Waals surface area (Å²) in [5.41, 5.74) is 2.76. The molecule has 0 aliphatic carbocycles. The van der Waals surface area contributed by atoms with Crippen LogP contribution in [0.15, 0.2) is 24.5 Å². The Bertz CT molecular complexity index is 789. The molecule has 1 aromatic carbocycles. The molecular formula is C17H19ClN4O2. The number of ether oxygens (including phenoxy) is 1. The maximum atomic E-state index is 12.8. The molecule has 24 heavy (non-hydrogen) atoms. The summed E-state index contributed by atoms with van der Waals surface area (Å²) in [6, 6.07) is 3.58. The molecule has 4 rings (SSSR count). The SMILES string of the molecule is Cn1cc(C2CCCN2C(=O)Nc2cc(Cl)cc3c2OCC3)cn1. The maximum absolute atomic E-state index is 12.8. The van der Waals surface area contributed by atoms with Crippen LogP contribution in [-0.2, 0) is 13.5 Å². The number of nitrogens with zero attached hydrogens (tertiary/aromatic N) is 3. The first kappa shape index (κ1) is 15.3. The molecule has 2 aliphatic heterocycles. The number of likely N-dealkylation sites (tertiary alicyclic amines) is 1. The van der Waals surface area contributed by atoms with Gasteiger partial charge in [-0.1, -0.05) is 11.6 Å². The number of amides is 2. The van der Waals surface area contributed by atoms with Crippen LogP contribution in [0.2, 0.25) is 5.02 Å². The van der Waals surface area contributed by atoms with Crippen LogP contribution in [0.5, 0.6) is 5.75 Å². The molecule has 126 valence electrons. The molecular weight excluding hydrogens is 328 g/mol. The van der Waals surface area contributed by atoms with Crippen LogP contribution >= 0.6 is 11.6 Å². The number of urea groups is 1. The molecule has 1 saturated heterocycles. The first-order valence-corrected chi connectivity index (χ1v) is 8.51. The van der Waals surface area contributed by atoms with Gasteiger partial charge in [0.1, 0.15) is 5.75 Å². The molecule has 0 radical (unpaired) electrons. The lowest BCUT2D eigenvalue weighted by Crippen LogP contribution is -2.34. The van der Waals surface area contributed by atoms with Gasteiger partial charge in [0.15, 0.2) is 0 Å². The molecule has 7 heteroatoms. The normalized spacial score (nSPS) is 19.2. The highest BCUT2D eigenvalue weighted by Gasteiger charge is 2.31. The highest BCUT2D eigenvalue weighted by atomic mass is 35.5. The largest absolute Gasteiger partial charge is 0.491 e. The van der Waals surface area contributed by atoms with Crippen molar-refractivity contribution in [3.8, 4) is 5.75 Å². The third kappa shape index (κ3) is 2.71. The van der Waals surface area contributed by atoms with E-state index in [1.807, 2.05) is 30.4 Å². The first-order chi connectivity index (χ1) is 11.6. The van der Waals surface area contributed by atoms with E-state index >= 15 is 0 Å². The van der Waals surface area contributed by atoms with E-state index in [9.17, 15) is 4.79 Å². The summed E-state index contributed by atoms with van der Waals surface area (Å²) in [6.07, 6.45) is 6.55. The topological polar surface area (TPSA) is 59.4 Å². The average molecular weight is 347 g/mol. The number of nitrogens with one attached hydrogen (secondary N) is 1. The molecule has 0 bridgehead atoms. The van der Waals surface area contributed by atoms with Crippen LogP contribution < -0.4 is 10.1 Å². The molecule has 1 unspecified atom stereocenters. The summed E-state index contributed by atoms with van der Waals surface area (Å²) in [7, 11) is 1.88. The van der Waals surface area contributed by atoms with Crippen molar-refractivity contribution in [2.45, 2.75) is 25.3 Å². The Kier molecular flexibility index (Phi) is 3.84. The molecule has 0 spiro atoms. The molecule has 0 saturated carbocycles. The number of fused-ring (bicyclic) bond motifs is 1. The number of hydrogen-bond donors (Lipinski definition) is 1. The van der Waals surface area contributed by atoms with E-state index in [2.05, 4.69) is 10.4 Å². The quantitative estimate of drug-likeness (QED) is 0.906. The third-order valence-electron chi connectivity index (χ3n) is 4.61. The fourth-order valence-electron chi connectivity index (χ4n) is 3.52. The number of anilines is 1. The Morgan fingerprint density at radius 2 is 2.33 bits per heavy atom. The number of benzene rings is 1. The number of hydrogen-bond acceptors (Lipinski definition) is 3. The minimum Gasteiger partial charge on any atom is -0.491 e. The fourth-order valence-corrected chi connectivity index (χ4v) is 3.76. The van der Waals surface area contributed by atoms with Gasteiger partial charge in [0, 0.05) is 42.4 Å². The van der Waals surface area contributed by atoms with Crippen LogP contribution in [0.4, 0.5) is 10.5 Å². The summed E-state index contributed by atoms with van der Waals surface area (Å²) in [4.78, 5) is 14.7. The zero-order valence-electron chi connectivity index (χ0n) is 13.5. The van der Waals surface area contributed by atoms with Crippen LogP contribution in [0, 0.1) is 0 Å². The van der Waals surface area contributed by atoms with Crippen LogP contribution in [0.1, 0.15) is 30.0 Å². The number of carbonyl (C=O) groups is 1. The second-order valence-electron chi connectivity index (χ2n) is 6.27. The molecule has 1 atom stereocenters. The number of aromatic nitrogens is 2. The van der Waals surface area contributed by atoms with Gasteiger partial charge in [-0.3, -0.25) is 4.68 Å². The van der Waals surface area contributed by atoms with E-state index in [4.69, 9.17) is 16.3 Å². The van der Waals surface area contributed by atoms with Gasteiger partial charge in [0.25, 0.3) is 0 Å². The molecule has 1 aromatic heterocycles. The summed E-state index contributed by atoms with van der Waals surface area (Å²) < 4.78 is 7.42. The van der Waals surface area contributed by atoms with Crippen molar-refractivity contribution < 1.29 is 9.53 Å². The maximum Gasteiger partial charge on any atom is 0.322 e. The summed E-state index contributed by atoms with van der Waals surface area (Å²) >= 11 is 6.17. The zero-order chi connectivity index (χ0) is 16.7. The lowest BCUT2D eigenvalue weighted by atomic mass is 10.1. The first-order valence-electron chi connectivity index (χ1n) is 8.13. The van der Waals surface area contributed by atoms with Gasteiger partial charge in [0.05, 0.1) is 24.5 Å². The summed E-state index contributed by atoms with van der Waals surface area (Å²) in [5, 5.41) is 7.81. The lowest BCUT2D eigenvalue weighted by molar-refractivity contribution is 0.207. The highest BCUT2D eigenvalue weighted by molar-refractivity contribution is 6.31. The Labute approximate surface area is 145 Å². The van der Waals surface area contributed by atoms with Gasteiger partial charge in [-0.25, -0.2) is 4.79 Å². The summed E-state index contributed by atoms with van der Waals surface area (Å²) in [5.74, 6) is 0.741. The number of carbonyl (C=O) groups excluding carboxylic acids is 1. The van der Waals surface area contributed by atoms with E-state index < -0.39 is 0 Å². The second-order valence-corrected chi connectivity index (χ2v) is 6.71. The second kappa shape index (κ2) is 6.02. The van der Waals surface area contributed by atoms with Gasteiger partial charge in [-0.2, -0.15) is 5.10 Å². The molecule has 6 nitrogen and oxygen atoms in total. The van der Waals surface area contributed by atoms with Crippen molar-refractivity contribution in [3.05, 3.63) is 40.7 Å². The minimum atomic E-state index is -0.124. The van der Waals surface area contributed by atoms with E-state index in [1.54, 1.807) is 10.7 Å². The van der Waals surface area contributed by atoms with Crippen LogP contribution in [0.25, 0.3) is 0 Å². The fraction of sp³-hybridized carbons (Fsp3) is 0.412. The molecule has 1 N–H and O–H groups in total. The van der Waals surface area contributed by atoms with Crippen molar-refractivity contribution >= 4 is 23.3 Å². The Balaban J connectivity index is 1.56. The van der Waals surface area contributed by atoms with Crippen molar-refractivity contribution in [1.82, 2.24) is 14.7 Å². The van der Waals surface area contributed by atoms with Gasteiger partial charge >= 0.3 is 6.03 Å². The third-order valence-corrected chi connectivity index (χ3v) is 4.83. The highest BCUT2D eigenvalue weighted by Crippen LogP contribution is 2.38. The van der Waals surface area contributed by atoms with Crippen molar-refractivity contribution in [3.63, 3.8) is 0 Å². The number of halogens is 1. The van der Waals surface area contributed by atoms with E-state index in [-0.39, 0.29) is 12.1 Å². The predicted octanol–water partition coefficient (Wildman–Crippen LogP) is 3.38. The Morgan fingerprint density at radius 1 is 1.46 bits per heavy atom. The van der Waals surface area contributed by atoms with Gasteiger partial charge < -0.3 is 15.0 Å². The smallest absolute Gasteiger partial charge is 0.322 e. The zero-order valence-corrected chi connectivity index (χ0v) is 14.2. The van der Waals surface area contributed by atoms with Crippen molar-refractivity contribution in [1.29, 1.82) is 0 Å². The van der Waals surface area contributed by atoms with Crippen LogP contribution in [0.3, 0.4) is 0 Å².